The van der Waals surface area contributed by atoms with Gasteiger partial charge in [-0.3, -0.25) is 14.7 Å². The molecule has 2 aromatic heterocycles. The summed E-state index contributed by atoms with van der Waals surface area (Å²) >= 11 is 7.72. The molecule has 0 unspecified atom stereocenters. The highest BCUT2D eigenvalue weighted by atomic mass is 35.5. The fourth-order valence-electron chi connectivity index (χ4n) is 3.85. The number of fused-ring (bicyclic) bond motifs is 4. The van der Waals surface area contributed by atoms with Gasteiger partial charge in [0.1, 0.15) is 0 Å². The van der Waals surface area contributed by atoms with Gasteiger partial charge in [0.25, 0.3) is 5.91 Å². The van der Waals surface area contributed by atoms with E-state index in [4.69, 9.17) is 11.6 Å². The number of hydrogen-bond acceptors (Lipinski definition) is 4. The number of piperidine rings is 1. The predicted octanol–water partition coefficient (Wildman–Crippen LogP) is 3.53. The molecular weight excluding hydrogens is 342 g/mol. The van der Waals surface area contributed by atoms with Crippen molar-refractivity contribution < 1.29 is 4.79 Å². The molecule has 3 aliphatic rings. The van der Waals surface area contributed by atoms with Gasteiger partial charge in [-0.1, -0.05) is 11.6 Å². The largest absolute Gasteiger partial charge is 0.337 e. The van der Waals surface area contributed by atoms with Crippen LogP contribution in [0.25, 0.3) is 0 Å². The quantitative estimate of drug-likeness (QED) is 0.839. The molecule has 2 aromatic rings. The minimum Gasteiger partial charge on any atom is -0.337 e. The topological polar surface area (TPSA) is 36.4 Å². The molecule has 0 spiro atoms. The number of amides is 1. The third kappa shape index (κ3) is 3.34. The van der Waals surface area contributed by atoms with Crippen LogP contribution in [0.2, 0.25) is 4.34 Å². The summed E-state index contributed by atoms with van der Waals surface area (Å²) in [4.78, 5) is 22.7. The molecule has 126 valence electrons. The number of hydrogen-bond donors (Lipinski definition) is 0. The lowest BCUT2D eigenvalue weighted by atomic mass is 9.95. The second-order valence-corrected chi connectivity index (χ2v) is 8.48. The number of rotatable bonds is 3. The van der Waals surface area contributed by atoms with Gasteiger partial charge in [-0.25, -0.2) is 0 Å². The number of pyridine rings is 1. The summed E-state index contributed by atoms with van der Waals surface area (Å²) in [6.45, 7) is 3.67. The van der Waals surface area contributed by atoms with Gasteiger partial charge in [-0.2, -0.15) is 0 Å². The third-order valence-corrected chi connectivity index (χ3v) is 6.23. The molecule has 3 aliphatic heterocycles. The molecule has 0 aromatic carbocycles. The Kier molecular flexibility index (Phi) is 4.57. The Bertz CT molecular complexity index is 720. The Morgan fingerprint density at radius 2 is 2.17 bits per heavy atom. The minimum atomic E-state index is 0.112. The van der Waals surface area contributed by atoms with E-state index in [-0.39, 0.29) is 5.91 Å². The summed E-state index contributed by atoms with van der Waals surface area (Å²) < 4.78 is 0.846. The number of halogens is 1. The summed E-state index contributed by atoms with van der Waals surface area (Å²) in [5.74, 6) is 0.667. The first-order valence-electron chi connectivity index (χ1n) is 8.36. The highest BCUT2D eigenvalue weighted by Crippen LogP contribution is 2.31. The van der Waals surface area contributed by atoms with Gasteiger partial charge in [0.15, 0.2) is 0 Å². The second-order valence-electron chi connectivity index (χ2n) is 6.68. The van der Waals surface area contributed by atoms with Crippen LogP contribution in [-0.2, 0) is 6.54 Å². The van der Waals surface area contributed by atoms with Crippen LogP contribution in [0.1, 0.15) is 28.1 Å². The van der Waals surface area contributed by atoms with Crippen molar-refractivity contribution in [1.82, 2.24) is 14.8 Å². The van der Waals surface area contributed by atoms with Gasteiger partial charge in [0, 0.05) is 49.5 Å². The molecule has 0 radical (unpaired) electrons. The van der Waals surface area contributed by atoms with E-state index in [1.165, 1.54) is 17.7 Å². The van der Waals surface area contributed by atoms with E-state index in [9.17, 15) is 4.79 Å². The summed E-state index contributed by atoms with van der Waals surface area (Å²) in [6, 6.07) is 8.20. The minimum absolute atomic E-state index is 0.112. The predicted molar refractivity (Wildman–Crippen MR) is 96.4 cm³/mol. The van der Waals surface area contributed by atoms with E-state index in [0.717, 1.165) is 30.5 Å². The van der Waals surface area contributed by atoms with E-state index in [0.29, 0.717) is 17.5 Å². The third-order valence-electron chi connectivity index (χ3n) is 5.01. The molecule has 3 fully saturated rings. The van der Waals surface area contributed by atoms with Gasteiger partial charge < -0.3 is 4.90 Å². The molecule has 24 heavy (non-hydrogen) atoms. The van der Waals surface area contributed by atoms with Crippen molar-refractivity contribution in [2.24, 2.45) is 5.92 Å². The van der Waals surface area contributed by atoms with Crippen LogP contribution >= 0.6 is 22.9 Å². The standard InChI is InChI=1S/C18H20ClN3OS/c19-17-6-5-16(24-17)12-21-9-13-3-4-15(21)11-22(10-13)18(23)14-2-1-7-20-8-14/h1-2,5-8,13,15H,3-4,9-12H2/t13-,15-/m0/s1. The second kappa shape index (κ2) is 6.82. The van der Waals surface area contributed by atoms with Crippen LogP contribution in [0.4, 0.5) is 0 Å². The molecule has 5 rings (SSSR count). The van der Waals surface area contributed by atoms with Crippen LogP contribution in [0.3, 0.4) is 0 Å². The van der Waals surface area contributed by atoms with Gasteiger partial charge in [0.05, 0.1) is 9.90 Å². The summed E-state index contributed by atoms with van der Waals surface area (Å²) in [5, 5.41) is 0. The average molecular weight is 362 g/mol. The SMILES string of the molecule is O=C(c1cccnc1)N1C[C@H]2CC[C@@H](C1)N(Cc1ccc(Cl)s1)C2. The van der Waals surface area contributed by atoms with Crippen LogP contribution in [0.15, 0.2) is 36.7 Å². The molecule has 5 heterocycles. The zero-order valence-electron chi connectivity index (χ0n) is 13.4. The van der Waals surface area contributed by atoms with Crippen LogP contribution < -0.4 is 0 Å². The van der Waals surface area contributed by atoms with Gasteiger partial charge in [0.2, 0.25) is 0 Å². The summed E-state index contributed by atoms with van der Waals surface area (Å²) in [6.07, 6.45) is 5.75. The molecule has 4 nitrogen and oxygen atoms in total. The van der Waals surface area contributed by atoms with Crippen molar-refractivity contribution >= 4 is 28.8 Å². The van der Waals surface area contributed by atoms with Crippen molar-refractivity contribution in [3.63, 3.8) is 0 Å². The molecule has 0 aliphatic carbocycles. The average Bonchev–Trinajstić information content (AvgIpc) is 2.82. The molecule has 0 N–H and O–H groups in total. The highest BCUT2D eigenvalue weighted by Gasteiger charge is 2.36. The number of thiophene rings is 1. The first kappa shape index (κ1) is 16.1. The highest BCUT2D eigenvalue weighted by molar-refractivity contribution is 7.16. The maximum absolute atomic E-state index is 12.8. The van der Waals surface area contributed by atoms with Crippen molar-refractivity contribution in [2.45, 2.75) is 25.4 Å². The Balaban J connectivity index is 1.49. The fourth-order valence-corrected chi connectivity index (χ4v) is 4.96. The zero-order chi connectivity index (χ0) is 16.5. The molecule has 6 heteroatoms. The van der Waals surface area contributed by atoms with E-state index in [2.05, 4.69) is 16.0 Å². The smallest absolute Gasteiger partial charge is 0.255 e. The van der Waals surface area contributed by atoms with E-state index < -0.39 is 0 Å². The molecule has 1 amide bonds. The Morgan fingerprint density at radius 3 is 2.92 bits per heavy atom. The van der Waals surface area contributed by atoms with Crippen LogP contribution in [0, 0.1) is 5.92 Å². The van der Waals surface area contributed by atoms with Crippen LogP contribution in [-0.4, -0.2) is 46.4 Å². The summed E-state index contributed by atoms with van der Waals surface area (Å²) in [7, 11) is 0. The molecular formula is C18H20ClN3OS. The number of carbonyl (C=O) groups excluding carboxylic acids is 1. The maximum atomic E-state index is 12.8. The van der Waals surface area contributed by atoms with Gasteiger partial charge in [-0.05, 0) is 43.0 Å². The van der Waals surface area contributed by atoms with Crippen molar-refractivity contribution in [3.05, 3.63) is 51.4 Å². The fraction of sp³-hybridized carbons (Fsp3) is 0.444. The monoisotopic (exact) mass is 361 g/mol. The Labute approximate surface area is 151 Å². The Morgan fingerprint density at radius 1 is 1.25 bits per heavy atom. The molecule has 2 bridgehead atoms. The van der Waals surface area contributed by atoms with Crippen molar-refractivity contribution in [1.29, 1.82) is 0 Å². The number of aromatic nitrogens is 1. The first-order valence-corrected chi connectivity index (χ1v) is 9.56. The lowest BCUT2D eigenvalue weighted by Gasteiger charge is -2.35. The Hall–Kier alpha value is -1.43. The van der Waals surface area contributed by atoms with Crippen LogP contribution in [0.5, 0.6) is 0 Å². The van der Waals surface area contributed by atoms with Crippen molar-refractivity contribution in [3.8, 4) is 0 Å². The van der Waals surface area contributed by atoms with E-state index >= 15 is 0 Å². The van der Waals surface area contributed by atoms with Crippen molar-refractivity contribution in [2.75, 3.05) is 19.6 Å². The zero-order valence-corrected chi connectivity index (χ0v) is 15.0. The molecule has 3 saturated heterocycles. The van der Waals surface area contributed by atoms with Gasteiger partial charge in [-0.15, -0.1) is 11.3 Å². The van der Waals surface area contributed by atoms with E-state index in [1.807, 2.05) is 23.1 Å². The number of carbonyl (C=O) groups is 1. The number of nitrogens with zero attached hydrogens (tertiary/aromatic N) is 3. The molecule has 2 atom stereocenters. The first-order chi connectivity index (χ1) is 11.7. The molecule has 0 saturated carbocycles. The maximum Gasteiger partial charge on any atom is 0.255 e. The van der Waals surface area contributed by atoms with Gasteiger partial charge >= 0.3 is 0 Å². The lowest BCUT2D eigenvalue weighted by molar-refractivity contribution is 0.0736. The normalized spacial score (nSPS) is 24.1. The van der Waals surface area contributed by atoms with E-state index in [1.54, 1.807) is 23.7 Å². The lowest BCUT2D eigenvalue weighted by Crippen LogP contribution is -2.43. The summed E-state index contributed by atoms with van der Waals surface area (Å²) in [5.41, 5.74) is 0.690.